The fraction of sp³-hybridized carbons (Fsp3) is 0.818. The summed E-state index contributed by atoms with van der Waals surface area (Å²) in [4.78, 5) is 22.6. The van der Waals surface area contributed by atoms with Crippen molar-refractivity contribution >= 4 is 11.9 Å². The van der Waals surface area contributed by atoms with Gasteiger partial charge in [-0.15, -0.1) is 0 Å². The van der Waals surface area contributed by atoms with Gasteiger partial charge in [-0.05, 0) is 19.3 Å². The van der Waals surface area contributed by atoms with E-state index in [1.165, 1.54) is 0 Å². The molecule has 1 aliphatic rings. The Hall–Kier alpha value is -1.14. The number of ether oxygens (including phenoxy) is 1. The summed E-state index contributed by atoms with van der Waals surface area (Å²) in [5, 5.41) is 11.4. The number of carbonyl (C=O) groups excluding carboxylic acids is 1. The fourth-order valence-corrected chi connectivity index (χ4v) is 1.88. The summed E-state index contributed by atoms with van der Waals surface area (Å²) in [6.45, 7) is 2.26. The first kappa shape index (κ1) is 13.9. The molecule has 4 N–H and O–H groups in total. The van der Waals surface area contributed by atoms with Crippen LogP contribution in [0, 0.1) is 0 Å². The summed E-state index contributed by atoms with van der Waals surface area (Å²) < 4.78 is 5.40. The SMILES string of the molecule is CCC[C@H](NC(=O)C1CCC(CN)O1)C(=O)O. The average Bonchev–Trinajstić information content (AvgIpc) is 2.76. The Balaban J connectivity index is 2.45. The standard InChI is InChI=1S/C11H20N2O4/c1-2-3-8(11(15)16)13-10(14)9-5-4-7(6-12)17-9/h7-9H,2-6,12H2,1H3,(H,13,14)(H,15,16)/t7?,8-,9?/m0/s1. The Morgan fingerprint density at radius 2 is 2.24 bits per heavy atom. The molecule has 0 spiro atoms. The summed E-state index contributed by atoms with van der Waals surface area (Å²) in [5.74, 6) is -1.35. The lowest BCUT2D eigenvalue weighted by Crippen LogP contribution is -2.45. The van der Waals surface area contributed by atoms with E-state index in [4.69, 9.17) is 15.6 Å². The minimum atomic E-state index is -1.01. The van der Waals surface area contributed by atoms with Crippen LogP contribution in [0.4, 0.5) is 0 Å². The summed E-state index contributed by atoms with van der Waals surface area (Å²) >= 11 is 0. The highest BCUT2D eigenvalue weighted by Crippen LogP contribution is 2.19. The molecule has 0 aromatic carbocycles. The van der Waals surface area contributed by atoms with Gasteiger partial charge in [-0.2, -0.15) is 0 Å². The Morgan fingerprint density at radius 1 is 1.53 bits per heavy atom. The van der Waals surface area contributed by atoms with Crippen molar-refractivity contribution in [3.8, 4) is 0 Å². The van der Waals surface area contributed by atoms with Crippen LogP contribution in [0.1, 0.15) is 32.6 Å². The first-order valence-electron chi connectivity index (χ1n) is 5.97. The lowest BCUT2D eigenvalue weighted by molar-refractivity contribution is -0.144. The van der Waals surface area contributed by atoms with Crippen LogP contribution in [0.2, 0.25) is 0 Å². The highest BCUT2D eigenvalue weighted by atomic mass is 16.5. The predicted molar refractivity (Wildman–Crippen MR) is 61.4 cm³/mol. The van der Waals surface area contributed by atoms with Gasteiger partial charge in [0, 0.05) is 6.54 Å². The Morgan fingerprint density at radius 3 is 2.71 bits per heavy atom. The molecule has 1 fully saturated rings. The van der Waals surface area contributed by atoms with Gasteiger partial charge in [0.25, 0.3) is 0 Å². The molecular weight excluding hydrogens is 224 g/mol. The van der Waals surface area contributed by atoms with Crippen molar-refractivity contribution in [3.05, 3.63) is 0 Å². The zero-order chi connectivity index (χ0) is 12.8. The molecule has 98 valence electrons. The molecule has 1 saturated heterocycles. The maximum absolute atomic E-state index is 11.8. The number of nitrogens with two attached hydrogens (primary N) is 1. The highest BCUT2D eigenvalue weighted by Gasteiger charge is 2.31. The van der Waals surface area contributed by atoms with Crippen LogP contribution < -0.4 is 11.1 Å². The molecule has 0 bridgehead atoms. The number of aliphatic carboxylic acids is 1. The van der Waals surface area contributed by atoms with Gasteiger partial charge in [0.05, 0.1) is 6.10 Å². The zero-order valence-electron chi connectivity index (χ0n) is 10.0. The molecule has 0 aliphatic carbocycles. The molecule has 17 heavy (non-hydrogen) atoms. The van der Waals surface area contributed by atoms with E-state index >= 15 is 0 Å². The van der Waals surface area contributed by atoms with E-state index in [0.717, 1.165) is 6.42 Å². The van der Waals surface area contributed by atoms with Crippen LogP contribution >= 0.6 is 0 Å². The molecule has 3 atom stereocenters. The smallest absolute Gasteiger partial charge is 0.326 e. The van der Waals surface area contributed by atoms with Crippen LogP contribution in [-0.4, -0.2) is 41.8 Å². The second-order valence-electron chi connectivity index (χ2n) is 4.25. The average molecular weight is 244 g/mol. The number of hydrogen-bond donors (Lipinski definition) is 3. The summed E-state index contributed by atoms with van der Waals surface area (Å²) in [7, 11) is 0. The van der Waals surface area contributed by atoms with Crippen LogP contribution in [0.15, 0.2) is 0 Å². The Bertz CT molecular complexity index is 283. The lowest BCUT2D eigenvalue weighted by atomic mass is 10.1. The lowest BCUT2D eigenvalue weighted by Gasteiger charge is -2.17. The van der Waals surface area contributed by atoms with Crippen LogP contribution in [0.5, 0.6) is 0 Å². The first-order valence-corrected chi connectivity index (χ1v) is 5.97. The predicted octanol–water partition coefficient (Wildman–Crippen LogP) is -0.138. The van der Waals surface area contributed by atoms with Crippen molar-refractivity contribution < 1.29 is 19.4 Å². The summed E-state index contributed by atoms with van der Waals surface area (Å²) in [5.41, 5.74) is 5.44. The second kappa shape index (κ2) is 6.56. The second-order valence-corrected chi connectivity index (χ2v) is 4.25. The molecule has 1 rings (SSSR count). The van der Waals surface area contributed by atoms with E-state index in [1.54, 1.807) is 0 Å². The number of rotatable bonds is 6. The van der Waals surface area contributed by atoms with Gasteiger partial charge in [0.2, 0.25) is 5.91 Å². The highest BCUT2D eigenvalue weighted by molar-refractivity contribution is 5.86. The van der Waals surface area contributed by atoms with Gasteiger partial charge in [-0.1, -0.05) is 13.3 Å². The molecule has 6 heteroatoms. The number of carbonyl (C=O) groups is 2. The van der Waals surface area contributed by atoms with Crippen LogP contribution in [-0.2, 0) is 14.3 Å². The number of carboxylic acids is 1. The topological polar surface area (TPSA) is 102 Å². The number of hydrogen-bond acceptors (Lipinski definition) is 4. The maximum Gasteiger partial charge on any atom is 0.326 e. The van der Waals surface area contributed by atoms with Crippen molar-refractivity contribution in [2.24, 2.45) is 5.73 Å². The van der Waals surface area contributed by atoms with Gasteiger partial charge in [0.1, 0.15) is 12.1 Å². The summed E-state index contributed by atoms with van der Waals surface area (Å²) in [6, 6.07) is -0.826. The normalized spacial score (nSPS) is 25.5. The van der Waals surface area contributed by atoms with Crippen molar-refractivity contribution in [2.45, 2.75) is 50.9 Å². The van der Waals surface area contributed by atoms with Crippen molar-refractivity contribution in [1.29, 1.82) is 0 Å². The summed E-state index contributed by atoms with van der Waals surface area (Å²) in [6.07, 6.45) is 1.84. The van der Waals surface area contributed by atoms with Crippen LogP contribution in [0.3, 0.4) is 0 Å². The molecule has 1 aliphatic heterocycles. The van der Waals surface area contributed by atoms with Crippen molar-refractivity contribution in [3.63, 3.8) is 0 Å². The molecular formula is C11H20N2O4. The zero-order valence-corrected chi connectivity index (χ0v) is 10.0. The van der Waals surface area contributed by atoms with Gasteiger partial charge in [-0.3, -0.25) is 4.79 Å². The maximum atomic E-state index is 11.8. The van der Waals surface area contributed by atoms with E-state index in [1.807, 2.05) is 6.92 Å². The van der Waals surface area contributed by atoms with Gasteiger partial charge >= 0.3 is 5.97 Å². The molecule has 0 aromatic heterocycles. The molecule has 0 aromatic rings. The molecule has 0 radical (unpaired) electrons. The van der Waals surface area contributed by atoms with E-state index in [0.29, 0.717) is 25.8 Å². The van der Waals surface area contributed by atoms with Gasteiger partial charge < -0.3 is 20.9 Å². The minimum absolute atomic E-state index is 0.0831. The Kier molecular flexibility index (Phi) is 5.37. The van der Waals surface area contributed by atoms with E-state index in [2.05, 4.69) is 5.32 Å². The molecule has 1 amide bonds. The minimum Gasteiger partial charge on any atom is -0.480 e. The van der Waals surface area contributed by atoms with Crippen molar-refractivity contribution in [1.82, 2.24) is 5.32 Å². The van der Waals surface area contributed by atoms with E-state index in [9.17, 15) is 9.59 Å². The van der Waals surface area contributed by atoms with Gasteiger partial charge in [0.15, 0.2) is 0 Å². The van der Waals surface area contributed by atoms with Crippen LogP contribution in [0.25, 0.3) is 0 Å². The van der Waals surface area contributed by atoms with Gasteiger partial charge in [-0.25, -0.2) is 4.79 Å². The molecule has 0 saturated carbocycles. The third-order valence-corrected chi connectivity index (χ3v) is 2.85. The fourth-order valence-electron chi connectivity index (χ4n) is 1.88. The third-order valence-electron chi connectivity index (χ3n) is 2.85. The molecule has 2 unspecified atom stereocenters. The van der Waals surface area contributed by atoms with E-state index in [-0.39, 0.29) is 12.0 Å². The monoisotopic (exact) mass is 244 g/mol. The first-order chi connectivity index (χ1) is 8.08. The number of carboxylic acid groups (broad SMARTS) is 1. The quantitative estimate of drug-likeness (QED) is 0.603. The number of amides is 1. The molecule has 6 nitrogen and oxygen atoms in total. The largest absolute Gasteiger partial charge is 0.480 e. The van der Waals surface area contributed by atoms with Crippen molar-refractivity contribution in [2.75, 3.05) is 6.54 Å². The Labute approximate surface area is 101 Å². The third kappa shape index (κ3) is 3.98. The molecule has 1 heterocycles. The van der Waals surface area contributed by atoms with E-state index < -0.39 is 18.1 Å². The number of nitrogens with one attached hydrogen (secondary N) is 1.